The zero-order valence-corrected chi connectivity index (χ0v) is 12.3. The van der Waals surface area contributed by atoms with Crippen molar-refractivity contribution in [3.63, 3.8) is 0 Å². The minimum absolute atomic E-state index is 0.595. The Morgan fingerprint density at radius 3 is 2.63 bits per heavy atom. The number of hydrogen-bond donors (Lipinski definition) is 1. The summed E-state index contributed by atoms with van der Waals surface area (Å²) in [7, 11) is 0. The van der Waals surface area contributed by atoms with E-state index in [1.54, 1.807) is 0 Å². The van der Waals surface area contributed by atoms with Crippen molar-refractivity contribution in [3.05, 3.63) is 68.7 Å². The third-order valence-corrected chi connectivity index (χ3v) is 3.90. The van der Waals surface area contributed by atoms with Crippen LogP contribution in [0.25, 0.3) is 0 Å². The average Bonchev–Trinajstić information content (AvgIpc) is 2.83. The zero-order chi connectivity index (χ0) is 13.4. The van der Waals surface area contributed by atoms with Crippen LogP contribution in [-0.4, -0.2) is 5.11 Å². The maximum Gasteiger partial charge on any atom is 0.104 e. The van der Waals surface area contributed by atoms with Gasteiger partial charge in [-0.3, -0.25) is 0 Å². The van der Waals surface area contributed by atoms with Crippen molar-refractivity contribution in [2.75, 3.05) is 0 Å². The predicted molar refractivity (Wildman–Crippen MR) is 77.9 cm³/mol. The molecule has 0 saturated heterocycles. The van der Waals surface area contributed by atoms with Crippen LogP contribution in [0.3, 0.4) is 0 Å². The third-order valence-electron chi connectivity index (χ3n) is 3.44. The molecule has 2 nitrogen and oxygen atoms in total. The van der Waals surface area contributed by atoms with Crippen molar-refractivity contribution in [1.82, 2.24) is 0 Å². The summed E-state index contributed by atoms with van der Waals surface area (Å²) in [6.07, 6.45) is -0.595. The standard InChI is InChI=1S/C16H15BrO2/c1-10-4-13(7-15(17)5-10)16(18)11-2-3-12-8-19-9-14(12)6-11/h2-7,16,18H,8-9H2,1H3. The number of benzene rings is 2. The van der Waals surface area contributed by atoms with E-state index in [1.165, 1.54) is 11.1 Å². The summed E-state index contributed by atoms with van der Waals surface area (Å²) < 4.78 is 6.40. The van der Waals surface area contributed by atoms with Crippen molar-refractivity contribution in [2.24, 2.45) is 0 Å². The second-order valence-electron chi connectivity index (χ2n) is 4.99. The number of hydrogen-bond acceptors (Lipinski definition) is 2. The summed E-state index contributed by atoms with van der Waals surface area (Å²) in [4.78, 5) is 0. The SMILES string of the molecule is Cc1cc(Br)cc(C(O)c2ccc3c(c2)COC3)c1. The third kappa shape index (κ3) is 2.59. The topological polar surface area (TPSA) is 29.5 Å². The quantitative estimate of drug-likeness (QED) is 0.910. The Bertz CT molecular complexity index is 602. The molecule has 0 aliphatic carbocycles. The predicted octanol–water partition coefficient (Wildman–Crippen LogP) is 3.87. The van der Waals surface area contributed by atoms with E-state index in [1.807, 2.05) is 43.3 Å². The van der Waals surface area contributed by atoms with Crippen LogP contribution in [0.2, 0.25) is 0 Å². The van der Waals surface area contributed by atoms with E-state index in [0.29, 0.717) is 13.2 Å². The van der Waals surface area contributed by atoms with Crippen molar-refractivity contribution in [1.29, 1.82) is 0 Å². The van der Waals surface area contributed by atoms with Crippen LogP contribution in [0, 0.1) is 6.92 Å². The van der Waals surface area contributed by atoms with E-state index in [2.05, 4.69) is 15.9 Å². The molecule has 3 heteroatoms. The van der Waals surface area contributed by atoms with Gasteiger partial charge in [0.2, 0.25) is 0 Å². The molecule has 3 rings (SSSR count). The first-order valence-electron chi connectivity index (χ1n) is 6.28. The van der Waals surface area contributed by atoms with E-state index >= 15 is 0 Å². The van der Waals surface area contributed by atoms with Gasteiger partial charge in [-0.15, -0.1) is 0 Å². The first-order chi connectivity index (χ1) is 9.13. The van der Waals surface area contributed by atoms with Gasteiger partial charge in [0.1, 0.15) is 6.10 Å². The second-order valence-corrected chi connectivity index (χ2v) is 5.90. The summed E-state index contributed by atoms with van der Waals surface area (Å²) in [6.45, 7) is 3.35. The van der Waals surface area contributed by atoms with E-state index in [9.17, 15) is 5.11 Å². The van der Waals surface area contributed by atoms with E-state index in [4.69, 9.17) is 4.74 Å². The fourth-order valence-corrected chi connectivity index (χ4v) is 3.10. The lowest BCUT2D eigenvalue weighted by atomic mass is 9.97. The summed E-state index contributed by atoms with van der Waals surface area (Å²) in [5, 5.41) is 10.5. The first-order valence-corrected chi connectivity index (χ1v) is 7.07. The maximum atomic E-state index is 10.5. The number of aliphatic hydroxyl groups is 1. The zero-order valence-electron chi connectivity index (χ0n) is 10.7. The van der Waals surface area contributed by atoms with Gasteiger partial charge in [0, 0.05) is 4.47 Å². The number of aryl methyl sites for hydroxylation is 1. The van der Waals surface area contributed by atoms with Gasteiger partial charge in [0.05, 0.1) is 13.2 Å². The Labute approximate surface area is 121 Å². The van der Waals surface area contributed by atoms with Crippen LogP contribution >= 0.6 is 15.9 Å². The van der Waals surface area contributed by atoms with Gasteiger partial charge >= 0.3 is 0 Å². The van der Waals surface area contributed by atoms with Crippen LogP contribution in [-0.2, 0) is 18.0 Å². The Kier molecular flexibility index (Phi) is 3.44. The lowest BCUT2D eigenvalue weighted by molar-refractivity contribution is 0.134. The molecule has 2 aromatic carbocycles. The van der Waals surface area contributed by atoms with E-state index < -0.39 is 6.10 Å². The summed E-state index contributed by atoms with van der Waals surface area (Å²) in [6, 6.07) is 12.1. The van der Waals surface area contributed by atoms with Gasteiger partial charge in [0.15, 0.2) is 0 Å². The number of ether oxygens (including phenoxy) is 1. The minimum atomic E-state index is -0.595. The molecular formula is C16H15BrO2. The summed E-state index contributed by atoms with van der Waals surface area (Å²) >= 11 is 3.47. The second kappa shape index (κ2) is 5.08. The molecule has 1 aliphatic rings. The average molecular weight is 319 g/mol. The van der Waals surface area contributed by atoms with Crippen LogP contribution in [0.15, 0.2) is 40.9 Å². The molecule has 0 amide bonds. The summed E-state index contributed by atoms with van der Waals surface area (Å²) in [5.41, 5.74) is 5.37. The molecule has 98 valence electrons. The normalized spacial score (nSPS) is 15.3. The largest absolute Gasteiger partial charge is 0.384 e. The van der Waals surface area contributed by atoms with Gasteiger partial charge in [-0.05, 0) is 46.9 Å². The number of aliphatic hydroxyl groups excluding tert-OH is 1. The monoisotopic (exact) mass is 318 g/mol. The lowest BCUT2D eigenvalue weighted by Crippen LogP contribution is -2.01. The Balaban J connectivity index is 1.97. The molecule has 1 aliphatic heterocycles. The highest BCUT2D eigenvalue weighted by atomic mass is 79.9. The number of halogens is 1. The molecule has 2 aromatic rings. The Hall–Kier alpha value is -1.16. The maximum absolute atomic E-state index is 10.5. The highest BCUT2D eigenvalue weighted by molar-refractivity contribution is 9.10. The molecule has 19 heavy (non-hydrogen) atoms. The van der Waals surface area contributed by atoms with Crippen molar-refractivity contribution >= 4 is 15.9 Å². The number of rotatable bonds is 2. The van der Waals surface area contributed by atoms with Crippen LogP contribution in [0.4, 0.5) is 0 Å². The molecular weight excluding hydrogens is 304 g/mol. The van der Waals surface area contributed by atoms with Gasteiger partial charge in [-0.2, -0.15) is 0 Å². The van der Waals surface area contributed by atoms with Gasteiger partial charge in [0.25, 0.3) is 0 Å². The molecule has 0 bridgehead atoms. The summed E-state index contributed by atoms with van der Waals surface area (Å²) in [5.74, 6) is 0. The molecule has 1 N–H and O–H groups in total. The van der Waals surface area contributed by atoms with Gasteiger partial charge in [-0.1, -0.05) is 40.2 Å². The van der Waals surface area contributed by atoms with E-state index in [0.717, 1.165) is 21.2 Å². The van der Waals surface area contributed by atoms with E-state index in [-0.39, 0.29) is 0 Å². The molecule has 1 unspecified atom stereocenters. The van der Waals surface area contributed by atoms with Crippen molar-refractivity contribution in [3.8, 4) is 0 Å². The molecule has 0 saturated carbocycles. The van der Waals surface area contributed by atoms with Crippen molar-refractivity contribution in [2.45, 2.75) is 26.2 Å². The van der Waals surface area contributed by atoms with Crippen molar-refractivity contribution < 1.29 is 9.84 Å². The highest BCUT2D eigenvalue weighted by Gasteiger charge is 2.16. The Morgan fingerprint density at radius 2 is 1.84 bits per heavy atom. The van der Waals surface area contributed by atoms with Crippen LogP contribution in [0.1, 0.15) is 33.9 Å². The molecule has 0 aromatic heterocycles. The fourth-order valence-electron chi connectivity index (χ4n) is 2.48. The van der Waals surface area contributed by atoms with Crippen LogP contribution in [0.5, 0.6) is 0 Å². The fraction of sp³-hybridized carbons (Fsp3) is 0.250. The highest BCUT2D eigenvalue weighted by Crippen LogP contribution is 2.29. The smallest absolute Gasteiger partial charge is 0.104 e. The first kappa shape index (κ1) is 12.9. The number of fused-ring (bicyclic) bond motifs is 1. The lowest BCUT2D eigenvalue weighted by Gasteiger charge is -2.14. The molecule has 0 spiro atoms. The Morgan fingerprint density at radius 1 is 1.05 bits per heavy atom. The molecule has 1 atom stereocenters. The van der Waals surface area contributed by atoms with Gasteiger partial charge < -0.3 is 9.84 Å². The molecule has 0 radical (unpaired) electrons. The van der Waals surface area contributed by atoms with Gasteiger partial charge in [-0.25, -0.2) is 0 Å². The molecule has 0 fully saturated rings. The van der Waals surface area contributed by atoms with Crippen LogP contribution < -0.4 is 0 Å². The minimum Gasteiger partial charge on any atom is -0.384 e. The molecule has 1 heterocycles.